The van der Waals surface area contributed by atoms with E-state index in [2.05, 4.69) is 6.58 Å². The Bertz CT molecular complexity index is 456. The Balaban J connectivity index is 0.00000147. The van der Waals surface area contributed by atoms with Gasteiger partial charge in [-0.25, -0.2) is 4.79 Å². The zero-order valence-corrected chi connectivity index (χ0v) is 13.1. The van der Waals surface area contributed by atoms with E-state index in [1.54, 1.807) is 6.92 Å². The molecule has 0 aromatic carbocycles. The second kappa shape index (κ2) is 5.00. The summed E-state index contributed by atoms with van der Waals surface area (Å²) < 4.78 is 5.69. The quantitative estimate of drug-likeness (QED) is 0.470. The molecule has 4 aliphatic rings. The largest absolute Gasteiger partial charge is 0.481 e. The van der Waals surface area contributed by atoms with Crippen LogP contribution in [0, 0.1) is 17.3 Å². The summed E-state index contributed by atoms with van der Waals surface area (Å²) in [6.45, 7) is 5.25. The average Bonchev–Trinajstić information content (AvgIpc) is 2.25. The molecule has 4 nitrogen and oxygen atoms in total. The van der Waals surface area contributed by atoms with Crippen molar-refractivity contribution in [3.8, 4) is 0 Å². The Morgan fingerprint density at radius 1 is 1.20 bits per heavy atom. The summed E-state index contributed by atoms with van der Waals surface area (Å²) in [6, 6.07) is 0. The molecule has 20 heavy (non-hydrogen) atoms. The van der Waals surface area contributed by atoms with E-state index in [9.17, 15) is 14.7 Å². The van der Waals surface area contributed by atoms with Gasteiger partial charge in [0.25, 0.3) is 0 Å². The van der Waals surface area contributed by atoms with E-state index in [4.69, 9.17) is 4.74 Å². The Kier molecular flexibility index (Phi) is 3.95. The summed E-state index contributed by atoms with van der Waals surface area (Å²) in [5, 5.41) is 9.58. The Labute approximate surface area is 134 Å². The number of ether oxygens (including phenoxy) is 1. The number of carboxylic acids is 1. The first-order valence-corrected chi connectivity index (χ1v) is 6.96. The van der Waals surface area contributed by atoms with Crippen molar-refractivity contribution in [1.29, 1.82) is 0 Å². The van der Waals surface area contributed by atoms with Gasteiger partial charge >= 0.3 is 11.9 Å². The van der Waals surface area contributed by atoms with Crippen LogP contribution >= 0.6 is 0 Å². The molecule has 0 aromatic heterocycles. The van der Waals surface area contributed by atoms with E-state index in [1.165, 1.54) is 0 Å². The number of hydrogen-bond donors (Lipinski definition) is 1. The molecule has 4 rings (SSSR count). The average molecular weight is 372 g/mol. The molecule has 5 heteroatoms. The van der Waals surface area contributed by atoms with E-state index in [-0.39, 0.29) is 28.3 Å². The topological polar surface area (TPSA) is 63.6 Å². The number of carbonyl (C=O) groups is 2. The van der Waals surface area contributed by atoms with Gasteiger partial charge in [-0.15, -0.1) is 0 Å². The van der Waals surface area contributed by atoms with Crippen LogP contribution in [0.25, 0.3) is 0 Å². The zero-order valence-electron chi connectivity index (χ0n) is 11.6. The minimum atomic E-state index is -0.711. The normalized spacial score (nSPS) is 40.9. The van der Waals surface area contributed by atoms with Gasteiger partial charge in [-0.2, -0.15) is 0 Å². The molecule has 0 heterocycles. The minimum Gasteiger partial charge on any atom is -0.481 e. The van der Waals surface area contributed by atoms with Crippen molar-refractivity contribution < 1.29 is 41.8 Å². The third kappa shape index (κ3) is 2.38. The molecule has 4 bridgehead atoms. The molecule has 1 radical (unpaired) electrons. The third-order valence-electron chi connectivity index (χ3n) is 5.12. The smallest absolute Gasteiger partial charge is 0.333 e. The molecule has 0 amide bonds. The van der Waals surface area contributed by atoms with Crippen LogP contribution in [0.15, 0.2) is 12.2 Å². The number of hydrogen-bond acceptors (Lipinski definition) is 3. The first-order valence-electron chi connectivity index (χ1n) is 6.96. The molecule has 4 aliphatic carbocycles. The maximum Gasteiger partial charge on any atom is 0.333 e. The number of esters is 1. The summed E-state index contributed by atoms with van der Waals surface area (Å²) in [7, 11) is 0. The monoisotopic (exact) mass is 371 g/mol. The van der Waals surface area contributed by atoms with E-state index >= 15 is 0 Å². The van der Waals surface area contributed by atoms with E-state index in [0.29, 0.717) is 23.8 Å². The summed E-state index contributed by atoms with van der Waals surface area (Å²) in [5.41, 5.74) is -0.807. The second-order valence-corrected chi connectivity index (χ2v) is 6.90. The minimum absolute atomic E-state index is 0. The number of rotatable bonds is 3. The number of carbonyl (C=O) groups excluding carboxylic acids is 1. The molecular weight excluding hydrogens is 352 g/mol. The predicted molar refractivity (Wildman–Crippen MR) is 68.4 cm³/mol. The summed E-state index contributed by atoms with van der Waals surface area (Å²) in [5.74, 6) is -0.287. The molecule has 0 aromatic rings. The maximum atomic E-state index is 11.8. The van der Waals surface area contributed by atoms with Crippen LogP contribution in [0.4, 0.5) is 0 Å². The Morgan fingerprint density at radius 3 is 2.20 bits per heavy atom. The van der Waals surface area contributed by atoms with Crippen molar-refractivity contribution in [2.24, 2.45) is 17.3 Å². The SMILES string of the molecule is C=C(C)C(=O)OC12CC3CC(C1)CC(C(=O)O)(C3)C2.[Ag]. The summed E-state index contributed by atoms with van der Waals surface area (Å²) >= 11 is 0. The molecule has 4 saturated carbocycles. The molecule has 0 saturated heterocycles. The molecule has 4 fully saturated rings. The van der Waals surface area contributed by atoms with Gasteiger partial charge in [-0.05, 0) is 50.9 Å². The van der Waals surface area contributed by atoms with Crippen LogP contribution in [0.3, 0.4) is 0 Å². The Morgan fingerprint density at radius 2 is 1.75 bits per heavy atom. The predicted octanol–water partition coefficient (Wildman–Crippen LogP) is 2.53. The fourth-order valence-corrected chi connectivity index (χ4v) is 4.83. The van der Waals surface area contributed by atoms with E-state index in [0.717, 1.165) is 32.1 Å². The van der Waals surface area contributed by atoms with Crippen molar-refractivity contribution in [1.82, 2.24) is 0 Å². The molecular formula is C15H20AgO4. The van der Waals surface area contributed by atoms with Crippen LogP contribution in [0.1, 0.15) is 45.4 Å². The van der Waals surface area contributed by atoms with Gasteiger partial charge in [0.15, 0.2) is 0 Å². The first-order chi connectivity index (χ1) is 8.84. The van der Waals surface area contributed by atoms with Crippen LogP contribution in [-0.4, -0.2) is 22.6 Å². The van der Waals surface area contributed by atoms with E-state index < -0.39 is 17.0 Å². The van der Waals surface area contributed by atoms with Crippen molar-refractivity contribution in [2.45, 2.75) is 51.0 Å². The van der Waals surface area contributed by atoms with Gasteiger partial charge in [-0.1, -0.05) is 6.58 Å². The van der Waals surface area contributed by atoms with Crippen LogP contribution in [0.2, 0.25) is 0 Å². The van der Waals surface area contributed by atoms with Gasteiger partial charge < -0.3 is 9.84 Å². The summed E-state index contributed by atoms with van der Waals surface area (Å²) in [4.78, 5) is 23.5. The standard InChI is InChI=1S/C15H20O4.Ag/c1-9(2)12(16)19-15-6-10-3-11(7-15)5-14(4-10,8-15)13(17)18;/h10-11H,1,3-8H2,2H3,(H,17,18);. The maximum absolute atomic E-state index is 11.8. The number of aliphatic carboxylic acids is 1. The van der Waals surface area contributed by atoms with Gasteiger partial charge in [0.05, 0.1) is 5.41 Å². The first kappa shape index (κ1) is 15.8. The third-order valence-corrected chi connectivity index (χ3v) is 5.12. The van der Waals surface area contributed by atoms with Gasteiger partial charge in [0.1, 0.15) is 5.60 Å². The fourth-order valence-electron chi connectivity index (χ4n) is 4.83. The van der Waals surface area contributed by atoms with Crippen molar-refractivity contribution in [3.05, 3.63) is 12.2 Å². The van der Waals surface area contributed by atoms with Crippen molar-refractivity contribution in [3.63, 3.8) is 0 Å². The van der Waals surface area contributed by atoms with Crippen molar-refractivity contribution in [2.75, 3.05) is 0 Å². The van der Waals surface area contributed by atoms with Crippen LogP contribution < -0.4 is 0 Å². The van der Waals surface area contributed by atoms with Gasteiger partial charge in [0, 0.05) is 34.4 Å². The second-order valence-electron chi connectivity index (χ2n) is 6.90. The van der Waals surface area contributed by atoms with Crippen LogP contribution in [0.5, 0.6) is 0 Å². The molecule has 115 valence electrons. The van der Waals surface area contributed by atoms with Crippen molar-refractivity contribution >= 4 is 11.9 Å². The van der Waals surface area contributed by atoms with Gasteiger partial charge in [0.2, 0.25) is 0 Å². The summed E-state index contributed by atoms with van der Waals surface area (Å²) in [6.07, 6.45) is 4.76. The molecule has 2 atom stereocenters. The molecule has 0 aliphatic heterocycles. The molecule has 2 unspecified atom stereocenters. The zero-order chi connectivity index (χ0) is 13.8. The van der Waals surface area contributed by atoms with Gasteiger partial charge in [-0.3, -0.25) is 4.79 Å². The Hall–Kier alpha value is -0.580. The van der Waals surface area contributed by atoms with E-state index in [1.807, 2.05) is 0 Å². The fraction of sp³-hybridized carbons (Fsp3) is 0.733. The number of carboxylic acid groups (broad SMARTS) is 1. The van der Waals surface area contributed by atoms with Crippen LogP contribution in [-0.2, 0) is 36.7 Å². The molecule has 0 spiro atoms. The molecule has 1 N–H and O–H groups in total.